The van der Waals surface area contributed by atoms with E-state index in [0.29, 0.717) is 27.5 Å². The van der Waals surface area contributed by atoms with Crippen LogP contribution in [0.3, 0.4) is 0 Å². The van der Waals surface area contributed by atoms with Crippen molar-refractivity contribution in [3.8, 4) is 11.3 Å². The Morgan fingerprint density at radius 2 is 1.90 bits per heavy atom. The molecule has 0 saturated carbocycles. The van der Waals surface area contributed by atoms with Crippen molar-refractivity contribution >= 4 is 17.9 Å². The highest BCUT2D eigenvalue weighted by atomic mass is 19.4. The molecule has 1 saturated heterocycles. The third-order valence-electron chi connectivity index (χ3n) is 7.04. The van der Waals surface area contributed by atoms with Gasteiger partial charge in [-0.3, -0.25) is 19.6 Å². The van der Waals surface area contributed by atoms with E-state index in [1.165, 1.54) is 18.3 Å². The largest absolute Gasteiger partial charge is 0.427 e. The molecular weight excluding hydrogens is 520 g/mol. The van der Waals surface area contributed by atoms with E-state index in [1.54, 1.807) is 24.5 Å². The summed E-state index contributed by atoms with van der Waals surface area (Å²) in [4.78, 5) is 48.8. The van der Waals surface area contributed by atoms with Gasteiger partial charge in [-0.05, 0) is 42.7 Å². The van der Waals surface area contributed by atoms with Crippen LogP contribution >= 0.6 is 0 Å². The first-order valence-electron chi connectivity index (χ1n) is 12.0. The van der Waals surface area contributed by atoms with Crippen LogP contribution in [0.4, 0.5) is 22.4 Å². The minimum Gasteiger partial charge on any atom is -0.427 e. The fourth-order valence-electron chi connectivity index (χ4n) is 4.89. The molecule has 3 amide bonds. The van der Waals surface area contributed by atoms with Gasteiger partial charge >= 0.3 is 12.3 Å². The van der Waals surface area contributed by atoms with Gasteiger partial charge in [-0.15, -0.1) is 0 Å². The van der Waals surface area contributed by atoms with Crippen LogP contribution in [0, 0.1) is 5.82 Å². The van der Waals surface area contributed by atoms with Gasteiger partial charge in [-0.25, -0.2) is 14.1 Å². The molecule has 2 aromatic carbocycles. The van der Waals surface area contributed by atoms with Crippen LogP contribution in [0.5, 0.6) is 0 Å². The maximum Gasteiger partial charge on any atom is 0.418 e. The summed E-state index contributed by atoms with van der Waals surface area (Å²) in [6.45, 7) is -0.640. The van der Waals surface area contributed by atoms with Gasteiger partial charge < -0.3 is 9.64 Å². The van der Waals surface area contributed by atoms with Gasteiger partial charge in [-0.2, -0.15) is 13.2 Å². The molecule has 39 heavy (non-hydrogen) atoms. The summed E-state index contributed by atoms with van der Waals surface area (Å²) >= 11 is 0. The first-order valence-corrected chi connectivity index (χ1v) is 12.0. The van der Waals surface area contributed by atoms with Crippen LogP contribution in [0.1, 0.15) is 30.0 Å². The summed E-state index contributed by atoms with van der Waals surface area (Å²) in [5.74, 6) is -2.51. The van der Waals surface area contributed by atoms with Crippen molar-refractivity contribution in [2.75, 3.05) is 6.54 Å². The molecule has 1 unspecified atom stereocenters. The molecule has 5 rings (SSSR count). The number of benzene rings is 2. The van der Waals surface area contributed by atoms with Crippen molar-refractivity contribution < 1.29 is 36.7 Å². The molecule has 12 heteroatoms. The first-order chi connectivity index (χ1) is 18.5. The van der Waals surface area contributed by atoms with Crippen molar-refractivity contribution in [1.29, 1.82) is 0 Å². The van der Waals surface area contributed by atoms with Crippen LogP contribution in [0.15, 0.2) is 61.1 Å². The van der Waals surface area contributed by atoms with E-state index >= 15 is 0 Å². The molecule has 1 aliphatic carbocycles. The Labute approximate surface area is 220 Å². The number of rotatable bonds is 6. The van der Waals surface area contributed by atoms with Gasteiger partial charge in [0.15, 0.2) is 0 Å². The summed E-state index contributed by atoms with van der Waals surface area (Å²) in [6.07, 6.45) is -0.709. The lowest BCUT2D eigenvalue weighted by Crippen LogP contribution is -2.51. The number of alkyl halides is 3. The lowest BCUT2D eigenvalue weighted by atomic mass is 9.93. The zero-order valence-electron chi connectivity index (χ0n) is 20.6. The van der Waals surface area contributed by atoms with E-state index in [4.69, 9.17) is 4.74 Å². The molecule has 0 bridgehead atoms. The standard InChI is InChI=1S/C27H22F4N4O4/c1-16(27(29,30)31)34(14-17-2-5-20(28)6-3-17)23(36)15-35-24(37)26(39-25(35)38)9-8-18-12-19(4-7-21(18)26)22-13-32-10-11-33-22/h2-7,10-13,16H,8-9,14-15H2,1H3/t16?,26-/m1/s1. The molecule has 202 valence electrons. The van der Waals surface area contributed by atoms with Crippen LogP contribution in [0.2, 0.25) is 0 Å². The molecule has 2 heterocycles. The number of halogens is 4. The van der Waals surface area contributed by atoms with Crippen LogP contribution in [-0.4, -0.2) is 56.4 Å². The topological polar surface area (TPSA) is 92.7 Å². The van der Waals surface area contributed by atoms with Crippen molar-refractivity contribution in [1.82, 2.24) is 19.8 Å². The van der Waals surface area contributed by atoms with Crippen molar-refractivity contribution in [2.45, 2.75) is 44.1 Å². The van der Waals surface area contributed by atoms with E-state index in [2.05, 4.69) is 9.97 Å². The molecule has 2 aliphatic rings. The highest BCUT2D eigenvalue weighted by Crippen LogP contribution is 2.46. The number of carbonyl (C=O) groups excluding carboxylic acids is 3. The van der Waals surface area contributed by atoms with Gasteiger partial charge in [0.2, 0.25) is 11.5 Å². The number of aromatic nitrogens is 2. The lowest BCUT2D eigenvalue weighted by molar-refractivity contribution is -0.187. The van der Waals surface area contributed by atoms with Crippen molar-refractivity contribution in [2.24, 2.45) is 0 Å². The second-order valence-electron chi connectivity index (χ2n) is 9.41. The number of carbonyl (C=O) groups is 3. The number of ether oxygens (including phenoxy) is 1. The second-order valence-corrected chi connectivity index (χ2v) is 9.41. The maximum atomic E-state index is 13.6. The van der Waals surface area contributed by atoms with E-state index in [0.717, 1.165) is 30.2 Å². The SMILES string of the molecule is CC(N(Cc1ccc(F)cc1)C(=O)CN1C(=O)O[C@@]2(CCc3cc(-c4cnccn4)ccc32)C1=O)C(F)(F)F. The Balaban J connectivity index is 1.39. The van der Waals surface area contributed by atoms with Crippen LogP contribution in [0.25, 0.3) is 11.3 Å². The Bertz CT molecular complexity index is 1430. The molecule has 1 aromatic heterocycles. The van der Waals surface area contributed by atoms with Gasteiger partial charge in [0.25, 0.3) is 5.91 Å². The normalized spacial score (nSPS) is 19.3. The summed E-state index contributed by atoms with van der Waals surface area (Å²) in [5, 5.41) is 0. The summed E-state index contributed by atoms with van der Waals surface area (Å²) < 4.78 is 59.7. The predicted molar refractivity (Wildman–Crippen MR) is 128 cm³/mol. The smallest absolute Gasteiger partial charge is 0.418 e. The fourth-order valence-corrected chi connectivity index (χ4v) is 4.89. The fraction of sp³-hybridized carbons (Fsp3) is 0.296. The molecule has 2 atom stereocenters. The van der Waals surface area contributed by atoms with Crippen LogP contribution in [-0.2, 0) is 32.9 Å². The maximum absolute atomic E-state index is 13.6. The quantitative estimate of drug-likeness (QED) is 0.430. The Morgan fingerprint density at radius 1 is 1.15 bits per heavy atom. The molecular formula is C27H22F4N4O4. The lowest BCUT2D eigenvalue weighted by Gasteiger charge is -2.31. The average Bonchev–Trinajstić information content (AvgIpc) is 3.39. The summed E-state index contributed by atoms with van der Waals surface area (Å²) in [5.41, 5.74) is 1.15. The highest BCUT2D eigenvalue weighted by molar-refractivity contribution is 6.06. The molecule has 8 nitrogen and oxygen atoms in total. The zero-order chi connectivity index (χ0) is 27.9. The van der Waals surface area contributed by atoms with Crippen molar-refractivity contribution in [3.05, 3.63) is 83.6 Å². The molecule has 0 radical (unpaired) electrons. The second kappa shape index (κ2) is 9.75. The minimum atomic E-state index is -4.78. The number of hydrogen-bond acceptors (Lipinski definition) is 6. The third-order valence-corrected chi connectivity index (χ3v) is 7.04. The van der Waals surface area contributed by atoms with E-state index in [9.17, 15) is 31.9 Å². The first kappa shape index (κ1) is 26.3. The molecule has 3 aromatic rings. The average molecular weight is 542 g/mol. The number of hydrogen-bond donors (Lipinski definition) is 0. The molecule has 1 aliphatic heterocycles. The van der Waals surface area contributed by atoms with Gasteiger partial charge in [-0.1, -0.05) is 24.3 Å². The summed E-state index contributed by atoms with van der Waals surface area (Å²) in [6, 6.07) is 7.59. The number of imide groups is 1. The highest BCUT2D eigenvalue weighted by Gasteiger charge is 2.58. The number of aryl methyl sites for hydroxylation is 1. The molecule has 0 N–H and O–H groups in total. The third kappa shape index (κ3) is 4.82. The number of nitrogens with zero attached hydrogens (tertiary/aromatic N) is 4. The van der Waals surface area contributed by atoms with E-state index in [-0.39, 0.29) is 12.0 Å². The Morgan fingerprint density at radius 3 is 2.56 bits per heavy atom. The molecule has 1 fully saturated rings. The zero-order valence-corrected chi connectivity index (χ0v) is 20.6. The predicted octanol–water partition coefficient (Wildman–Crippen LogP) is 4.38. The Hall–Kier alpha value is -4.35. The van der Waals surface area contributed by atoms with E-state index in [1.807, 2.05) is 6.07 Å². The van der Waals surface area contributed by atoms with Gasteiger partial charge in [0.1, 0.15) is 18.4 Å². The van der Waals surface area contributed by atoms with Gasteiger partial charge in [0, 0.05) is 36.5 Å². The minimum absolute atomic E-state index is 0.125. The van der Waals surface area contributed by atoms with Crippen molar-refractivity contribution in [3.63, 3.8) is 0 Å². The van der Waals surface area contributed by atoms with E-state index < -0.39 is 54.6 Å². The number of fused-ring (bicyclic) bond motifs is 2. The molecule has 1 spiro atoms. The monoisotopic (exact) mass is 542 g/mol. The van der Waals surface area contributed by atoms with Crippen LogP contribution < -0.4 is 0 Å². The Kier molecular flexibility index (Phi) is 6.57. The summed E-state index contributed by atoms with van der Waals surface area (Å²) in [7, 11) is 0. The number of amides is 3. The van der Waals surface area contributed by atoms with Gasteiger partial charge in [0.05, 0.1) is 11.9 Å².